The fraction of sp³-hybridized carbons (Fsp3) is 0.393. The van der Waals surface area contributed by atoms with Crippen LogP contribution in [0.3, 0.4) is 0 Å². The number of aryl methyl sites for hydroxylation is 1. The summed E-state index contributed by atoms with van der Waals surface area (Å²) >= 11 is 0. The predicted molar refractivity (Wildman–Crippen MR) is 152 cm³/mol. The molecule has 4 N–H and O–H groups in total. The van der Waals surface area contributed by atoms with Crippen LogP contribution in [0.1, 0.15) is 58.0 Å². The molecule has 0 radical (unpaired) electrons. The molecule has 42 heavy (non-hydrogen) atoms. The van der Waals surface area contributed by atoms with Crippen LogP contribution in [0, 0.1) is 13.8 Å². The summed E-state index contributed by atoms with van der Waals surface area (Å²) in [5, 5.41) is 2.82. The van der Waals surface area contributed by atoms with Crippen LogP contribution in [0.4, 0.5) is 24.9 Å². The number of aromatic nitrogens is 4. The molecule has 0 aromatic carbocycles. The topological polar surface area (TPSA) is 142 Å². The number of fused-ring (bicyclic) bond motifs is 1. The number of rotatable bonds is 10. The Bertz CT molecular complexity index is 1530. The fourth-order valence-corrected chi connectivity index (χ4v) is 4.87. The van der Waals surface area contributed by atoms with Gasteiger partial charge in [-0.2, -0.15) is 18.2 Å². The molecule has 1 aliphatic heterocycles. The maximum atomic E-state index is 14.2. The van der Waals surface area contributed by atoms with E-state index in [1.54, 1.807) is 20.0 Å². The van der Waals surface area contributed by atoms with E-state index in [0.29, 0.717) is 30.1 Å². The summed E-state index contributed by atoms with van der Waals surface area (Å²) in [5.41, 5.74) is 5.84. The summed E-state index contributed by atoms with van der Waals surface area (Å²) < 4.78 is 47.9. The number of methoxy groups -OCH3 is 1. The number of pyridine rings is 1. The molecule has 0 fully saturated rings. The SMILES string of the molecule is CCN(CC)CCNC(=O)c1c[nH]c(/C=C2/C(=O)N(Cc3ncc(C)c(OC)c3C)c3nc(N)nc(C(F)(F)F)c32)c1. The van der Waals surface area contributed by atoms with Gasteiger partial charge in [-0.25, -0.2) is 4.98 Å². The minimum absolute atomic E-state index is 0.190. The maximum absolute atomic E-state index is 14.2. The molecule has 0 saturated carbocycles. The highest BCUT2D eigenvalue weighted by molar-refractivity contribution is 6.35. The molecule has 0 spiro atoms. The van der Waals surface area contributed by atoms with Crippen molar-refractivity contribution in [3.8, 4) is 5.75 Å². The predicted octanol–water partition coefficient (Wildman–Crippen LogP) is 3.59. The van der Waals surface area contributed by atoms with Gasteiger partial charge in [-0.3, -0.25) is 19.5 Å². The number of aromatic amines is 1. The van der Waals surface area contributed by atoms with Crippen molar-refractivity contribution in [1.29, 1.82) is 0 Å². The van der Waals surface area contributed by atoms with Gasteiger partial charge in [-0.1, -0.05) is 13.8 Å². The number of amides is 2. The lowest BCUT2D eigenvalue weighted by Gasteiger charge is -2.19. The number of nitrogens with zero attached hydrogens (tertiary/aromatic N) is 5. The summed E-state index contributed by atoms with van der Waals surface area (Å²) in [6.07, 6.45) is -0.697. The van der Waals surface area contributed by atoms with E-state index in [4.69, 9.17) is 10.5 Å². The second-order valence-electron chi connectivity index (χ2n) is 9.75. The molecule has 224 valence electrons. The van der Waals surface area contributed by atoms with Gasteiger partial charge in [-0.15, -0.1) is 0 Å². The van der Waals surface area contributed by atoms with Gasteiger partial charge in [-0.05, 0) is 39.1 Å². The molecule has 0 unspecified atom stereocenters. The van der Waals surface area contributed by atoms with Gasteiger partial charge in [0.15, 0.2) is 5.69 Å². The van der Waals surface area contributed by atoms with Crippen LogP contribution in [0.5, 0.6) is 5.75 Å². The largest absolute Gasteiger partial charge is 0.496 e. The monoisotopic (exact) mass is 586 g/mol. The van der Waals surface area contributed by atoms with Gasteiger partial charge in [0.1, 0.15) is 11.6 Å². The third-order valence-corrected chi connectivity index (χ3v) is 7.11. The van der Waals surface area contributed by atoms with Crippen LogP contribution in [0.2, 0.25) is 0 Å². The van der Waals surface area contributed by atoms with Gasteiger partial charge in [0.05, 0.1) is 36.0 Å². The average Bonchev–Trinajstić information content (AvgIpc) is 3.51. The average molecular weight is 587 g/mol. The number of anilines is 2. The number of likely N-dealkylation sites (N-methyl/N-ethyl adjacent to an activating group) is 1. The lowest BCUT2D eigenvalue weighted by atomic mass is 10.1. The quantitative estimate of drug-likeness (QED) is 0.306. The number of hydrogen-bond acceptors (Lipinski definition) is 8. The summed E-state index contributed by atoms with van der Waals surface area (Å²) in [7, 11) is 1.50. The Morgan fingerprint density at radius 3 is 2.60 bits per heavy atom. The highest BCUT2D eigenvalue weighted by atomic mass is 19.4. The Morgan fingerprint density at radius 1 is 1.24 bits per heavy atom. The molecule has 2 amide bonds. The number of carbonyl (C=O) groups is 2. The van der Waals surface area contributed by atoms with E-state index in [9.17, 15) is 22.8 Å². The van der Waals surface area contributed by atoms with Crippen LogP contribution in [0.25, 0.3) is 11.6 Å². The number of nitrogen functional groups attached to an aromatic ring is 1. The van der Waals surface area contributed by atoms with Crippen molar-refractivity contribution in [2.75, 3.05) is 43.9 Å². The minimum atomic E-state index is -4.93. The third kappa shape index (κ3) is 6.08. The Labute approximate surface area is 241 Å². The van der Waals surface area contributed by atoms with E-state index in [2.05, 4.69) is 30.2 Å². The van der Waals surface area contributed by atoms with Gasteiger partial charge >= 0.3 is 6.18 Å². The van der Waals surface area contributed by atoms with E-state index >= 15 is 0 Å². The van der Waals surface area contributed by atoms with Crippen molar-refractivity contribution in [2.45, 2.75) is 40.4 Å². The van der Waals surface area contributed by atoms with Gasteiger partial charge in [0.2, 0.25) is 5.95 Å². The molecule has 4 rings (SSSR count). The van der Waals surface area contributed by atoms with Gasteiger partial charge < -0.3 is 25.7 Å². The highest BCUT2D eigenvalue weighted by Gasteiger charge is 2.45. The zero-order valence-electron chi connectivity index (χ0n) is 24.0. The normalized spacial score (nSPS) is 14.2. The number of hydrogen-bond donors (Lipinski definition) is 3. The van der Waals surface area contributed by atoms with Crippen molar-refractivity contribution in [2.24, 2.45) is 0 Å². The van der Waals surface area contributed by atoms with Crippen molar-refractivity contribution in [3.05, 3.63) is 57.8 Å². The van der Waals surface area contributed by atoms with Crippen LogP contribution in [-0.2, 0) is 17.5 Å². The Kier molecular flexibility index (Phi) is 8.85. The Hall–Kier alpha value is -4.46. The molecule has 1 aliphatic rings. The van der Waals surface area contributed by atoms with Gasteiger partial charge in [0, 0.05) is 42.3 Å². The standard InChI is InChI=1S/C28H33F3N8O3/c1-6-38(7-2)9-8-33-25(40)17-10-18(34-13-17)11-19-21-23(28(29,30)31)36-27(32)37-24(21)39(26(19)41)14-20-16(4)22(42-5)15(3)12-35-20/h10-13,34H,6-9,14H2,1-5H3,(H,33,40)(H2,32,36,37)/b19-11+. The number of nitrogens with one attached hydrogen (secondary N) is 2. The van der Waals surface area contributed by atoms with E-state index < -0.39 is 29.3 Å². The second-order valence-corrected chi connectivity index (χ2v) is 9.75. The molecular formula is C28H33F3N8O3. The Morgan fingerprint density at radius 2 is 1.95 bits per heavy atom. The number of alkyl halides is 3. The van der Waals surface area contributed by atoms with Crippen molar-refractivity contribution >= 4 is 35.2 Å². The number of H-pyrrole nitrogens is 1. The summed E-state index contributed by atoms with van der Waals surface area (Å²) in [6, 6.07) is 1.46. The first-order valence-electron chi connectivity index (χ1n) is 13.4. The van der Waals surface area contributed by atoms with Gasteiger partial charge in [0.25, 0.3) is 11.8 Å². The van der Waals surface area contributed by atoms with E-state index in [-0.39, 0.29) is 35.1 Å². The third-order valence-electron chi connectivity index (χ3n) is 7.11. The molecule has 0 atom stereocenters. The zero-order chi connectivity index (χ0) is 30.8. The molecule has 0 bridgehead atoms. The number of ether oxygens (including phenoxy) is 1. The highest BCUT2D eigenvalue weighted by Crippen LogP contribution is 2.44. The smallest absolute Gasteiger partial charge is 0.434 e. The number of carbonyl (C=O) groups excluding carboxylic acids is 2. The zero-order valence-corrected chi connectivity index (χ0v) is 24.0. The van der Waals surface area contributed by atoms with Crippen LogP contribution in [0.15, 0.2) is 18.5 Å². The molecule has 3 aromatic rings. The van der Waals surface area contributed by atoms with E-state index in [1.165, 1.54) is 25.4 Å². The van der Waals surface area contributed by atoms with Crippen LogP contribution in [-0.4, -0.2) is 69.9 Å². The molecule has 14 heteroatoms. The van der Waals surface area contributed by atoms with Crippen molar-refractivity contribution < 1.29 is 27.5 Å². The lowest BCUT2D eigenvalue weighted by Crippen LogP contribution is -2.34. The molecule has 0 saturated heterocycles. The first-order chi connectivity index (χ1) is 19.9. The lowest BCUT2D eigenvalue weighted by molar-refractivity contribution is -0.141. The first-order valence-corrected chi connectivity index (χ1v) is 13.4. The second kappa shape index (κ2) is 12.2. The van der Waals surface area contributed by atoms with E-state index in [1.807, 2.05) is 13.8 Å². The first kappa shape index (κ1) is 30.5. The molecular weight excluding hydrogens is 553 g/mol. The summed E-state index contributed by atoms with van der Waals surface area (Å²) in [6.45, 7) is 10.2. The molecule has 0 aliphatic carbocycles. The summed E-state index contributed by atoms with van der Waals surface area (Å²) in [5.74, 6) is -1.47. The fourth-order valence-electron chi connectivity index (χ4n) is 4.87. The van der Waals surface area contributed by atoms with E-state index in [0.717, 1.165) is 23.6 Å². The van der Waals surface area contributed by atoms with Crippen molar-refractivity contribution in [1.82, 2.24) is 30.2 Å². The minimum Gasteiger partial charge on any atom is -0.496 e. The molecule has 3 aromatic heterocycles. The molecule has 4 heterocycles. The summed E-state index contributed by atoms with van der Waals surface area (Å²) in [4.78, 5) is 44.3. The van der Waals surface area contributed by atoms with Crippen molar-refractivity contribution in [3.63, 3.8) is 0 Å². The number of halogens is 3. The maximum Gasteiger partial charge on any atom is 0.434 e. The number of nitrogens with two attached hydrogens (primary N) is 1. The molecule has 11 nitrogen and oxygen atoms in total. The van der Waals surface area contributed by atoms with Crippen LogP contribution < -0.4 is 20.7 Å². The Balaban J connectivity index is 1.72. The van der Waals surface area contributed by atoms with Crippen LogP contribution >= 0.6 is 0 Å².